The van der Waals surface area contributed by atoms with Gasteiger partial charge >= 0.3 is 0 Å². The van der Waals surface area contributed by atoms with Gasteiger partial charge in [-0.3, -0.25) is 0 Å². The molecule has 0 radical (unpaired) electrons. The number of allylic oxidation sites excluding steroid dienone is 2. The Kier molecular flexibility index (Phi) is 4.12. The number of hydrogen-bond donors (Lipinski definition) is 0. The Hall–Kier alpha value is -0.380. The molecule has 5 fully saturated rings. The summed E-state index contributed by atoms with van der Waals surface area (Å²) in [6.07, 6.45) is 14.4. The van der Waals surface area contributed by atoms with E-state index in [4.69, 9.17) is 14.2 Å². The normalized spacial score (nSPS) is 50.3. The third-order valence-electron chi connectivity index (χ3n) is 9.04. The maximum absolute atomic E-state index is 6.18. The predicted molar refractivity (Wildman–Crippen MR) is 102 cm³/mol. The molecule has 5 aliphatic rings. The summed E-state index contributed by atoms with van der Waals surface area (Å²) in [5.41, 5.74) is 2.62. The highest BCUT2D eigenvalue weighted by Crippen LogP contribution is 2.80. The number of unbranched alkanes of at least 4 members (excludes halogenated alkanes) is 1. The smallest absolute Gasteiger partial charge is 0.168 e. The fourth-order valence-corrected chi connectivity index (χ4v) is 7.76. The van der Waals surface area contributed by atoms with E-state index in [-0.39, 0.29) is 5.79 Å². The van der Waals surface area contributed by atoms with E-state index in [1.54, 1.807) is 5.57 Å². The summed E-state index contributed by atoms with van der Waals surface area (Å²) in [7, 11) is 1.96. The molecule has 1 saturated heterocycles. The van der Waals surface area contributed by atoms with Gasteiger partial charge in [0, 0.05) is 25.4 Å². The molecule has 0 N–H and O–H groups in total. The van der Waals surface area contributed by atoms with E-state index in [9.17, 15) is 0 Å². The van der Waals surface area contributed by atoms with Crippen molar-refractivity contribution >= 4 is 0 Å². The Morgan fingerprint density at radius 1 is 1.15 bits per heavy atom. The van der Waals surface area contributed by atoms with Gasteiger partial charge in [-0.15, -0.1) is 0 Å². The summed E-state index contributed by atoms with van der Waals surface area (Å²) in [5.74, 6) is 2.02. The van der Waals surface area contributed by atoms with Crippen LogP contribution in [0.3, 0.4) is 0 Å². The van der Waals surface area contributed by atoms with Crippen molar-refractivity contribution in [2.45, 2.75) is 83.5 Å². The highest BCUT2D eigenvalue weighted by molar-refractivity contribution is 5.36. The van der Waals surface area contributed by atoms with Gasteiger partial charge in [0.2, 0.25) is 0 Å². The Balaban J connectivity index is 1.48. The van der Waals surface area contributed by atoms with Crippen LogP contribution in [0.5, 0.6) is 0 Å². The lowest BCUT2D eigenvalue weighted by molar-refractivity contribution is -0.154. The largest absolute Gasteiger partial charge is 0.381 e. The number of rotatable bonds is 4. The Morgan fingerprint density at radius 2 is 1.96 bits per heavy atom. The molecule has 3 nitrogen and oxygen atoms in total. The van der Waals surface area contributed by atoms with Crippen molar-refractivity contribution in [2.24, 2.45) is 28.6 Å². The minimum atomic E-state index is -0.253. The van der Waals surface area contributed by atoms with E-state index in [2.05, 4.69) is 19.9 Å². The highest BCUT2D eigenvalue weighted by atomic mass is 16.7. The average molecular weight is 361 g/mol. The van der Waals surface area contributed by atoms with Crippen LogP contribution < -0.4 is 0 Å². The van der Waals surface area contributed by atoms with Crippen LogP contribution in [-0.4, -0.2) is 32.2 Å². The second kappa shape index (κ2) is 6.06. The lowest BCUT2D eigenvalue weighted by Crippen LogP contribution is -2.48. The van der Waals surface area contributed by atoms with Crippen molar-refractivity contribution in [3.8, 4) is 0 Å². The summed E-state index contributed by atoms with van der Waals surface area (Å²) >= 11 is 0. The average Bonchev–Trinajstić information content (AvgIpc) is 2.97. The molecule has 3 heteroatoms. The summed E-state index contributed by atoms with van der Waals surface area (Å²) in [6, 6.07) is 0. The first-order valence-corrected chi connectivity index (χ1v) is 11.1. The zero-order chi connectivity index (χ0) is 18.0. The molecule has 4 saturated carbocycles. The molecule has 2 spiro atoms. The fraction of sp³-hybridized carbons (Fsp3) is 0.913. The van der Waals surface area contributed by atoms with E-state index in [0.717, 1.165) is 32.0 Å². The quantitative estimate of drug-likeness (QED) is 0.653. The van der Waals surface area contributed by atoms with E-state index in [0.29, 0.717) is 28.8 Å². The molecule has 4 aliphatic carbocycles. The second-order valence-electron chi connectivity index (χ2n) is 9.94. The summed E-state index contributed by atoms with van der Waals surface area (Å²) < 4.78 is 18.3. The highest BCUT2D eigenvalue weighted by Gasteiger charge is 2.75. The molecule has 6 atom stereocenters. The van der Waals surface area contributed by atoms with Crippen LogP contribution in [0.25, 0.3) is 0 Å². The van der Waals surface area contributed by atoms with Gasteiger partial charge in [-0.25, -0.2) is 0 Å². The molecule has 0 amide bonds. The summed E-state index contributed by atoms with van der Waals surface area (Å²) in [4.78, 5) is 0. The zero-order valence-corrected chi connectivity index (χ0v) is 16.9. The van der Waals surface area contributed by atoms with Crippen LogP contribution >= 0.6 is 0 Å². The molecule has 0 bridgehead atoms. The second-order valence-corrected chi connectivity index (χ2v) is 9.94. The van der Waals surface area contributed by atoms with Crippen molar-refractivity contribution in [3.63, 3.8) is 0 Å². The third-order valence-corrected chi connectivity index (χ3v) is 9.04. The Bertz CT molecular complexity index is 592. The molecule has 146 valence electrons. The van der Waals surface area contributed by atoms with E-state index < -0.39 is 0 Å². The predicted octanol–water partition coefficient (Wildman–Crippen LogP) is 5.10. The number of hydrogen-bond acceptors (Lipinski definition) is 3. The van der Waals surface area contributed by atoms with Crippen LogP contribution in [-0.2, 0) is 14.2 Å². The van der Waals surface area contributed by atoms with Gasteiger partial charge < -0.3 is 14.2 Å². The van der Waals surface area contributed by atoms with Gasteiger partial charge in [-0.05, 0) is 61.7 Å². The molecule has 4 unspecified atom stereocenters. The standard InChI is InChI=1S/C23H36O3/c1-4-5-6-19-18(16-7-10-22(14-16)25-11-12-26-22)13-20(24-3)23-15-17(23)8-9-21(19,23)2/h6,16-18,20H,4-5,7-15H2,1-3H3/b19-6+/t16?,17?,18?,20-,21-,23?/m1/s1. The van der Waals surface area contributed by atoms with Crippen LogP contribution in [0.15, 0.2) is 11.6 Å². The van der Waals surface area contributed by atoms with Gasteiger partial charge in [0.1, 0.15) is 0 Å². The van der Waals surface area contributed by atoms with Crippen molar-refractivity contribution < 1.29 is 14.2 Å². The van der Waals surface area contributed by atoms with Crippen LogP contribution in [0, 0.1) is 28.6 Å². The topological polar surface area (TPSA) is 27.7 Å². The van der Waals surface area contributed by atoms with E-state index >= 15 is 0 Å². The monoisotopic (exact) mass is 360 g/mol. The molecule has 1 heterocycles. The first-order chi connectivity index (χ1) is 12.6. The van der Waals surface area contributed by atoms with Gasteiger partial charge in [-0.1, -0.05) is 31.9 Å². The number of ether oxygens (including phenoxy) is 3. The van der Waals surface area contributed by atoms with Crippen molar-refractivity contribution in [3.05, 3.63) is 11.6 Å². The summed E-state index contributed by atoms with van der Waals surface area (Å²) in [5, 5.41) is 0. The molecule has 0 aromatic rings. The van der Waals surface area contributed by atoms with Crippen molar-refractivity contribution in [2.75, 3.05) is 20.3 Å². The first kappa shape index (κ1) is 17.7. The first-order valence-electron chi connectivity index (χ1n) is 11.1. The molecular weight excluding hydrogens is 324 g/mol. The van der Waals surface area contributed by atoms with Gasteiger partial charge in [-0.2, -0.15) is 0 Å². The maximum atomic E-state index is 6.18. The molecule has 0 aromatic carbocycles. The molecule has 0 aromatic heterocycles. The SMILES string of the molecule is CCC/C=C1\C(C2CCC3(C2)OCCO3)C[C@@H](OC)C23CC2CC[C@]13C. The van der Waals surface area contributed by atoms with E-state index in [1.807, 2.05) is 7.11 Å². The molecule has 1 aliphatic heterocycles. The Morgan fingerprint density at radius 3 is 2.65 bits per heavy atom. The minimum absolute atomic E-state index is 0.253. The molecule has 5 rings (SSSR count). The van der Waals surface area contributed by atoms with Gasteiger partial charge in [0.05, 0.1) is 19.3 Å². The fourth-order valence-electron chi connectivity index (χ4n) is 7.76. The molecule has 26 heavy (non-hydrogen) atoms. The van der Waals surface area contributed by atoms with Crippen LogP contribution in [0.1, 0.15) is 71.6 Å². The zero-order valence-electron chi connectivity index (χ0n) is 16.9. The maximum Gasteiger partial charge on any atom is 0.168 e. The van der Waals surface area contributed by atoms with Crippen LogP contribution in [0.2, 0.25) is 0 Å². The van der Waals surface area contributed by atoms with Crippen LogP contribution in [0.4, 0.5) is 0 Å². The van der Waals surface area contributed by atoms with Crippen molar-refractivity contribution in [1.29, 1.82) is 0 Å². The third kappa shape index (κ3) is 2.23. The Labute approximate surface area is 158 Å². The summed E-state index contributed by atoms with van der Waals surface area (Å²) in [6.45, 7) is 6.45. The lowest BCUT2D eigenvalue weighted by atomic mass is 9.55. The minimum Gasteiger partial charge on any atom is -0.381 e. The number of methoxy groups -OCH3 is 1. The van der Waals surface area contributed by atoms with Crippen molar-refractivity contribution in [1.82, 2.24) is 0 Å². The van der Waals surface area contributed by atoms with Gasteiger partial charge in [0.25, 0.3) is 0 Å². The van der Waals surface area contributed by atoms with E-state index in [1.165, 1.54) is 44.9 Å². The lowest BCUT2D eigenvalue weighted by Gasteiger charge is -2.52. The molecular formula is C23H36O3. The van der Waals surface area contributed by atoms with Gasteiger partial charge in [0.15, 0.2) is 5.79 Å².